The molecule has 1 saturated heterocycles. The van der Waals surface area contributed by atoms with Crippen molar-refractivity contribution < 1.29 is 39.9 Å². The third kappa shape index (κ3) is 8.71. The fourth-order valence-corrected chi connectivity index (χ4v) is 6.40. The molecule has 2 heterocycles. The molecule has 3 rings (SSSR count). The number of unbranched alkanes of at least 4 members (excludes halogenated alkanes) is 2. The fourth-order valence-electron chi connectivity index (χ4n) is 5.46. The first-order valence-electron chi connectivity index (χ1n) is 14.5. The summed E-state index contributed by atoms with van der Waals surface area (Å²) in [7, 11) is 0. The first-order valence-corrected chi connectivity index (χ1v) is 15.3. The summed E-state index contributed by atoms with van der Waals surface area (Å²) in [4.78, 5) is 28.4. The number of ether oxygens (including phenoxy) is 1. The topological polar surface area (TPSA) is 148 Å². The van der Waals surface area contributed by atoms with Crippen LogP contribution in [-0.2, 0) is 16.0 Å². The Labute approximate surface area is 240 Å². The number of esters is 1. The molecule has 1 aromatic heterocycles. The lowest BCUT2D eigenvalue weighted by Gasteiger charge is -2.32. The number of likely N-dealkylation sites (tertiary alicyclic amines) is 1. The van der Waals surface area contributed by atoms with E-state index < -0.39 is 37.5 Å². The predicted octanol–water partition coefficient (Wildman–Crippen LogP) is 2.94. The van der Waals surface area contributed by atoms with E-state index in [0.717, 1.165) is 61.9 Å². The minimum atomic E-state index is -1.62. The average Bonchev–Trinajstić information content (AvgIpc) is 3.57. The normalized spacial score (nSPS) is 24.1. The van der Waals surface area contributed by atoms with Crippen LogP contribution < -0.4 is 0 Å². The average molecular weight is 580 g/mol. The quantitative estimate of drug-likeness (QED) is 0.148. The smallest absolute Gasteiger partial charge is 0.348 e. The van der Waals surface area contributed by atoms with Gasteiger partial charge in [-0.1, -0.05) is 45.3 Å². The molecule has 0 aromatic carbocycles. The van der Waals surface area contributed by atoms with Crippen LogP contribution in [0.1, 0.15) is 79.8 Å². The Morgan fingerprint density at radius 2 is 1.93 bits per heavy atom. The number of allylic oxidation sites excluding steroid dienone is 2. The standard InChI is InChI=1S/C30H45NO8S/c1-3-4-5-9-24(33)23-13-10-21(16-19(23)2)31-20(11-15-28(31)36)7-6-8-22-12-14-27(40-22)30(38)39-18-26(35)29(37)25(34)17-32/h10,12-14,16,19-20,23-26,29,32-35,37H,3-9,11,15,17-18H2,1-2H3/t19?,20-,23?,24-,25-,26+,29-/m0/s1. The van der Waals surface area contributed by atoms with Crippen molar-refractivity contribution in [3.8, 4) is 0 Å². The van der Waals surface area contributed by atoms with Gasteiger partial charge < -0.3 is 35.2 Å². The molecular formula is C30H45NO8S. The van der Waals surface area contributed by atoms with E-state index in [1.54, 1.807) is 6.07 Å². The zero-order valence-electron chi connectivity index (χ0n) is 23.5. The number of carbonyl (C=O) groups excluding carboxylic acids is 2. The Kier molecular flexibility index (Phi) is 12.8. The Hall–Kier alpha value is -2.08. The van der Waals surface area contributed by atoms with Gasteiger partial charge in [-0.3, -0.25) is 4.79 Å². The lowest BCUT2D eigenvalue weighted by Crippen LogP contribution is -2.42. The molecule has 7 atom stereocenters. The van der Waals surface area contributed by atoms with E-state index in [2.05, 4.69) is 26.0 Å². The molecule has 9 nitrogen and oxygen atoms in total. The molecule has 5 N–H and O–H groups in total. The number of aryl methyl sites for hydroxylation is 1. The molecule has 0 saturated carbocycles. The second-order valence-corrected chi connectivity index (χ2v) is 12.1. The van der Waals surface area contributed by atoms with Gasteiger partial charge in [0.05, 0.1) is 12.7 Å². The number of nitrogens with zero attached hydrogens (tertiary/aromatic N) is 1. The Morgan fingerprint density at radius 3 is 2.62 bits per heavy atom. The number of amides is 1. The molecule has 40 heavy (non-hydrogen) atoms. The van der Waals surface area contributed by atoms with Gasteiger partial charge in [-0.15, -0.1) is 11.3 Å². The molecule has 0 bridgehead atoms. The van der Waals surface area contributed by atoms with Crippen molar-refractivity contribution >= 4 is 23.2 Å². The van der Waals surface area contributed by atoms with E-state index in [4.69, 9.17) is 9.84 Å². The molecule has 2 unspecified atom stereocenters. The highest BCUT2D eigenvalue weighted by atomic mass is 32.1. The van der Waals surface area contributed by atoms with Crippen LogP contribution in [0.25, 0.3) is 0 Å². The highest BCUT2D eigenvalue weighted by Gasteiger charge is 2.34. The number of thiophene rings is 1. The Balaban J connectivity index is 1.48. The summed E-state index contributed by atoms with van der Waals surface area (Å²) in [6, 6.07) is 3.64. The summed E-state index contributed by atoms with van der Waals surface area (Å²) in [5, 5.41) is 48.4. The summed E-state index contributed by atoms with van der Waals surface area (Å²) in [6.07, 6.45) is 9.00. The lowest BCUT2D eigenvalue weighted by molar-refractivity contribution is -0.127. The SMILES string of the molecule is CCCCC[C@H](O)C1C=CC(N2C(=O)CC[C@@H]2CCCc2ccc(C(=O)OC[C@@H](O)[C@@H](O)[C@@H](O)CO)s2)=CC1C. The maximum Gasteiger partial charge on any atom is 0.348 e. The van der Waals surface area contributed by atoms with Crippen LogP contribution in [0.4, 0.5) is 0 Å². The van der Waals surface area contributed by atoms with Gasteiger partial charge >= 0.3 is 5.97 Å². The predicted molar refractivity (Wildman–Crippen MR) is 153 cm³/mol. The molecule has 1 aromatic rings. The summed E-state index contributed by atoms with van der Waals surface area (Å²) in [6.45, 7) is 3.04. The summed E-state index contributed by atoms with van der Waals surface area (Å²) < 4.78 is 5.05. The zero-order chi connectivity index (χ0) is 29.2. The number of hydrogen-bond acceptors (Lipinski definition) is 9. The Morgan fingerprint density at radius 1 is 1.15 bits per heavy atom. The van der Waals surface area contributed by atoms with Crippen molar-refractivity contribution in [2.24, 2.45) is 11.8 Å². The Bertz CT molecular complexity index is 1020. The maximum absolute atomic E-state index is 12.8. The number of aliphatic hydroxyl groups is 5. The second kappa shape index (κ2) is 15.8. The van der Waals surface area contributed by atoms with E-state index >= 15 is 0 Å². The minimum Gasteiger partial charge on any atom is -0.459 e. The van der Waals surface area contributed by atoms with Gasteiger partial charge in [0.2, 0.25) is 5.91 Å². The molecule has 1 aliphatic heterocycles. The van der Waals surface area contributed by atoms with Gasteiger partial charge in [0.15, 0.2) is 0 Å². The monoisotopic (exact) mass is 579 g/mol. The largest absolute Gasteiger partial charge is 0.459 e. The summed E-state index contributed by atoms with van der Waals surface area (Å²) in [5.41, 5.74) is 0.928. The van der Waals surface area contributed by atoms with Gasteiger partial charge in [-0.05, 0) is 56.2 Å². The number of hydrogen-bond donors (Lipinski definition) is 5. The van der Waals surface area contributed by atoms with E-state index in [1.165, 1.54) is 11.3 Å². The molecule has 1 amide bonds. The van der Waals surface area contributed by atoms with Crippen LogP contribution in [-0.4, -0.2) is 86.0 Å². The van der Waals surface area contributed by atoms with Crippen molar-refractivity contribution in [2.45, 2.75) is 102 Å². The summed E-state index contributed by atoms with van der Waals surface area (Å²) >= 11 is 1.30. The van der Waals surface area contributed by atoms with Gasteiger partial charge in [-0.25, -0.2) is 4.79 Å². The molecule has 10 heteroatoms. The molecule has 1 fully saturated rings. The maximum atomic E-state index is 12.8. The minimum absolute atomic E-state index is 0.0666. The van der Waals surface area contributed by atoms with Crippen LogP contribution in [0.5, 0.6) is 0 Å². The first-order chi connectivity index (χ1) is 19.2. The number of rotatable bonds is 16. The van der Waals surface area contributed by atoms with Crippen LogP contribution in [0.2, 0.25) is 0 Å². The van der Waals surface area contributed by atoms with Crippen molar-refractivity contribution in [3.63, 3.8) is 0 Å². The van der Waals surface area contributed by atoms with E-state index in [-0.39, 0.29) is 29.9 Å². The first kappa shape index (κ1) is 32.4. The van der Waals surface area contributed by atoms with E-state index in [9.17, 15) is 30.0 Å². The van der Waals surface area contributed by atoms with E-state index in [1.807, 2.05) is 17.0 Å². The third-order valence-corrected chi connectivity index (χ3v) is 8.99. The molecule has 224 valence electrons. The second-order valence-electron chi connectivity index (χ2n) is 11.0. The molecule has 1 aliphatic carbocycles. The molecule has 2 aliphatic rings. The van der Waals surface area contributed by atoms with Crippen LogP contribution in [0.15, 0.2) is 36.1 Å². The number of aliphatic hydroxyl groups excluding tert-OH is 5. The highest BCUT2D eigenvalue weighted by molar-refractivity contribution is 7.13. The van der Waals surface area contributed by atoms with Crippen molar-refractivity contribution in [3.05, 3.63) is 45.8 Å². The molecular weight excluding hydrogens is 534 g/mol. The van der Waals surface area contributed by atoms with Crippen LogP contribution >= 0.6 is 11.3 Å². The van der Waals surface area contributed by atoms with Crippen LogP contribution in [0, 0.1) is 11.8 Å². The van der Waals surface area contributed by atoms with Crippen LogP contribution in [0.3, 0.4) is 0 Å². The van der Waals surface area contributed by atoms with Gasteiger partial charge in [0.1, 0.15) is 29.8 Å². The summed E-state index contributed by atoms with van der Waals surface area (Å²) in [5.74, 6) is -0.279. The lowest BCUT2D eigenvalue weighted by atomic mass is 9.82. The van der Waals surface area contributed by atoms with Crippen molar-refractivity contribution in [2.75, 3.05) is 13.2 Å². The fraction of sp³-hybridized carbons (Fsp3) is 0.667. The van der Waals surface area contributed by atoms with Crippen molar-refractivity contribution in [1.82, 2.24) is 4.90 Å². The van der Waals surface area contributed by atoms with Gasteiger partial charge in [0.25, 0.3) is 0 Å². The highest BCUT2D eigenvalue weighted by Crippen LogP contribution is 2.34. The third-order valence-electron chi connectivity index (χ3n) is 7.87. The number of carbonyl (C=O) groups is 2. The zero-order valence-corrected chi connectivity index (χ0v) is 24.3. The van der Waals surface area contributed by atoms with Gasteiger partial charge in [0, 0.05) is 29.0 Å². The van der Waals surface area contributed by atoms with Gasteiger partial charge in [-0.2, -0.15) is 0 Å². The molecule has 0 radical (unpaired) electrons. The molecule has 0 spiro atoms. The van der Waals surface area contributed by atoms with E-state index in [0.29, 0.717) is 11.3 Å². The van der Waals surface area contributed by atoms with Crippen molar-refractivity contribution in [1.29, 1.82) is 0 Å².